The quantitative estimate of drug-likeness (QED) is 0.871. The van der Waals surface area contributed by atoms with Crippen LogP contribution >= 0.6 is 0 Å². The monoisotopic (exact) mass is 297 g/mol. The predicted octanol–water partition coefficient (Wildman–Crippen LogP) is 3.10. The Bertz CT molecular complexity index is 733. The molecule has 4 rings (SSSR count). The number of ether oxygens (including phenoxy) is 1. The molecule has 1 saturated carbocycles. The fourth-order valence-corrected chi connectivity index (χ4v) is 3.46. The molecule has 1 heterocycles. The van der Waals surface area contributed by atoms with Crippen molar-refractivity contribution in [3.63, 3.8) is 0 Å². The topological polar surface area (TPSA) is 29.5 Å². The van der Waals surface area contributed by atoms with Crippen molar-refractivity contribution in [2.45, 2.75) is 24.4 Å². The minimum atomic E-state index is -1.04. The van der Waals surface area contributed by atoms with Crippen molar-refractivity contribution in [2.75, 3.05) is 7.11 Å². The molecule has 4 heteroatoms. The van der Waals surface area contributed by atoms with Crippen LogP contribution in [0.3, 0.4) is 0 Å². The second-order valence-corrected chi connectivity index (χ2v) is 5.75. The lowest BCUT2D eigenvalue weighted by Crippen LogP contribution is -2.48. The minimum absolute atomic E-state index is 0.161. The molecule has 2 aliphatic rings. The maximum absolute atomic E-state index is 13.8. The Kier molecular flexibility index (Phi) is 2.84. The van der Waals surface area contributed by atoms with E-state index in [0.29, 0.717) is 12.0 Å². The number of halogens is 1. The Balaban J connectivity index is 1.98. The van der Waals surface area contributed by atoms with Gasteiger partial charge < -0.3 is 4.74 Å². The van der Waals surface area contributed by atoms with E-state index in [1.165, 1.54) is 0 Å². The van der Waals surface area contributed by atoms with Gasteiger partial charge in [-0.25, -0.2) is 4.39 Å². The summed E-state index contributed by atoms with van der Waals surface area (Å²) in [4.78, 5) is 14.4. The van der Waals surface area contributed by atoms with Gasteiger partial charge in [0.25, 0.3) is 5.91 Å². The van der Waals surface area contributed by atoms with E-state index in [-0.39, 0.29) is 5.91 Å². The van der Waals surface area contributed by atoms with Gasteiger partial charge >= 0.3 is 0 Å². The van der Waals surface area contributed by atoms with Gasteiger partial charge in [-0.3, -0.25) is 9.69 Å². The number of carbonyl (C=O) groups is 1. The van der Waals surface area contributed by atoms with Gasteiger partial charge in [0.2, 0.25) is 0 Å². The van der Waals surface area contributed by atoms with Gasteiger partial charge in [-0.2, -0.15) is 0 Å². The largest absolute Gasteiger partial charge is 0.350 e. The molecule has 3 nitrogen and oxygen atoms in total. The van der Waals surface area contributed by atoms with Gasteiger partial charge in [0.15, 0.2) is 5.72 Å². The smallest absolute Gasteiger partial charge is 0.257 e. The highest BCUT2D eigenvalue weighted by molar-refractivity contribution is 6.01. The summed E-state index contributed by atoms with van der Waals surface area (Å²) < 4.78 is 19.7. The highest BCUT2D eigenvalue weighted by Crippen LogP contribution is 2.50. The molecule has 1 aliphatic heterocycles. The zero-order chi connectivity index (χ0) is 15.3. The number of nitrogens with zero attached hydrogens (tertiary/aromatic N) is 1. The van der Waals surface area contributed by atoms with Crippen LogP contribution in [0.4, 0.5) is 4.39 Å². The minimum Gasteiger partial charge on any atom is -0.350 e. The third-order valence-corrected chi connectivity index (χ3v) is 4.55. The number of rotatable bonds is 3. The highest BCUT2D eigenvalue weighted by atomic mass is 19.1. The maximum atomic E-state index is 13.8. The second-order valence-electron chi connectivity index (χ2n) is 5.75. The molecule has 0 aromatic heterocycles. The van der Waals surface area contributed by atoms with Gasteiger partial charge in [-0.15, -0.1) is 0 Å². The number of methoxy groups -OCH3 is 1. The molecule has 0 N–H and O–H groups in total. The summed E-state index contributed by atoms with van der Waals surface area (Å²) in [6, 6.07) is 16.5. The predicted molar refractivity (Wildman–Crippen MR) is 80.1 cm³/mol. The fourth-order valence-electron chi connectivity index (χ4n) is 3.46. The van der Waals surface area contributed by atoms with Crippen molar-refractivity contribution < 1.29 is 13.9 Å². The van der Waals surface area contributed by atoms with E-state index in [2.05, 4.69) is 0 Å². The van der Waals surface area contributed by atoms with Crippen molar-refractivity contribution >= 4 is 5.91 Å². The average molecular weight is 297 g/mol. The molecule has 1 amide bonds. The molecule has 0 saturated heterocycles. The number of benzene rings is 2. The van der Waals surface area contributed by atoms with Crippen LogP contribution in [0, 0.1) is 0 Å². The molecule has 2 aromatic carbocycles. The van der Waals surface area contributed by atoms with Crippen LogP contribution in [0.2, 0.25) is 0 Å². The van der Waals surface area contributed by atoms with E-state index in [4.69, 9.17) is 4.74 Å². The molecule has 0 bridgehead atoms. The zero-order valence-electron chi connectivity index (χ0n) is 12.2. The molecule has 1 aliphatic carbocycles. The maximum Gasteiger partial charge on any atom is 0.257 e. The molecule has 0 spiro atoms. The van der Waals surface area contributed by atoms with E-state index in [1.807, 2.05) is 48.5 Å². The summed E-state index contributed by atoms with van der Waals surface area (Å²) in [5.41, 5.74) is 1.18. The van der Waals surface area contributed by atoms with Crippen molar-refractivity contribution in [1.82, 2.24) is 4.90 Å². The van der Waals surface area contributed by atoms with E-state index in [1.54, 1.807) is 18.1 Å². The van der Waals surface area contributed by atoms with Crippen molar-refractivity contribution in [1.29, 1.82) is 0 Å². The van der Waals surface area contributed by atoms with Gasteiger partial charge in [-0.1, -0.05) is 48.5 Å². The van der Waals surface area contributed by atoms with Crippen molar-refractivity contribution in [3.05, 3.63) is 71.3 Å². The second kappa shape index (κ2) is 4.65. The van der Waals surface area contributed by atoms with E-state index < -0.39 is 17.9 Å². The normalized spacial score (nSPS) is 29.5. The summed E-state index contributed by atoms with van der Waals surface area (Å²) in [6.07, 6.45) is -0.603. The molecule has 3 atom stereocenters. The Labute approximate surface area is 128 Å². The van der Waals surface area contributed by atoms with E-state index in [9.17, 15) is 9.18 Å². The number of amides is 1. The van der Waals surface area contributed by atoms with Gasteiger partial charge in [0.05, 0.1) is 6.04 Å². The van der Waals surface area contributed by atoms with Crippen LogP contribution < -0.4 is 0 Å². The summed E-state index contributed by atoms with van der Waals surface area (Å²) in [6.45, 7) is 0. The first-order chi connectivity index (χ1) is 10.7. The van der Waals surface area contributed by atoms with Crippen molar-refractivity contribution in [2.24, 2.45) is 0 Å². The summed E-state index contributed by atoms with van der Waals surface area (Å²) in [5, 5.41) is 0. The molecule has 112 valence electrons. The van der Waals surface area contributed by atoms with Gasteiger partial charge in [0, 0.05) is 30.2 Å². The molecule has 1 unspecified atom stereocenters. The van der Waals surface area contributed by atoms with Crippen LogP contribution in [0.1, 0.15) is 27.9 Å². The Morgan fingerprint density at radius 2 is 1.77 bits per heavy atom. The number of alkyl halides is 1. The molecular weight excluding hydrogens is 281 g/mol. The van der Waals surface area contributed by atoms with Crippen LogP contribution in [-0.2, 0) is 10.5 Å². The third kappa shape index (κ3) is 1.61. The van der Waals surface area contributed by atoms with E-state index >= 15 is 0 Å². The lowest BCUT2D eigenvalue weighted by molar-refractivity contribution is -0.0886. The van der Waals surface area contributed by atoms with Gasteiger partial charge in [-0.05, 0) is 6.07 Å². The third-order valence-electron chi connectivity index (χ3n) is 4.55. The molecule has 2 aromatic rings. The number of carbonyl (C=O) groups excluding carboxylic acids is 1. The van der Waals surface area contributed by atoms with Crippen LogP contribution in [0.15, 0.2) is 54.6 Å². The van der Waals surface area contributed by atoms with Crippen LogP contribution in [0.25, 0.3) is 0 Å². The SMILES string of the molecule is COC1(c2ccccc2)c2ccccc2C(=O)N1[C@@H]1C[C@@H]1F. The summed E-state index contributed by atoms with van der Waals surface area (Å²) in [7, 11) is 1.57. The highest BCUT2D eigenvalue weighted by Gasteiger charge is 2.59. The Hall–Kier alpha value is -2.20. The lowest BCUT2D eigenvalue weighted by atomic mass is 9.93. The van der Waals surface area contributed by atoms with Crippen LogP contribution in [0.5, 0.6) is 0 Å². The standard InChI is InChI=1S/C18H16FNO2/c1-22-18(12-7-3-2-4-8-12)14-10-6-5-9-13(14)17(21)20(18)16-11-15(16)19/h2-10,15-16H,11H2,1H3/t15-,16+,18?/m0/s1. The van der Waals surface area contributed by atoms with Crippen LogP contribution in [-0.4, -0.2) is 30.1 Å². The lowest BCUT2D eigenvalue weighted by Gasteiger charge is -2.38. The zero-order valence-corrected chi connectivity index (χ0v) is 12.2. The molecule has 0 radical (unpaired) electrons. The van der Waals surface area contributed by atoms with Crippen molar-refractivity contribution in [3.8, 4) is 0 Å². The number of hydrogen-bond acceptors (Lipinski definition) is 2. The summed E-state index contributed by atoms with van der Waals surface area (Å²) >= 11 is 0. The first-order valence-corrected chi connectivity index (χ1v) is 7.38. The van der Waals surface area contributed by atoms with E-state index in [0.717, 1.165) is 11.1 Å². The molecule has 22 heavy (non-hydrogen) atoms. The summed E-state index contributed by atoms with van der Waals surface area (Å²) in [5.74, 6) is -0.161. The molecular formula is C18H16FNO2. The number of fused-ring (bicyclic) bond motifs is 1. The fraction of sp³-hybridized carbons (Fsp3) is 0.278. The Morgan fingerprint density at radius 1 is 1.14 bits per heavy atom. The molecule has 1 fully saturated rings. The number of hydrogen-bond donors (Lipinski definition) is 0. The Morgan fingerprint density at radius 3 is 2.41 bits per heavy atom. The first-order valence-electron chi connectivity index (χ1n) is 7.38. The van der Waals surface area contributed by atoms with Gasteiger partial charge in [0.1, 0.15) is 6.17 Å². The first kappa shape index (κ1) is 13.5. The average Bonchev–Trinajstić information content (AvgIpc) is 3.22.